The highest BCUT2D eigenvalue weighted by Crippen LogP contribution is 2.29. The first kappa shape index (κ1) is 19.6. The summed E-state index contributed by atoms with van der Waals surface area (Å²) in [5, 5.41) is 0. The topological polar surface area (TPSA) is 46.8 Å². The van der Waals surface area contributed by atoms with Crippen LogP contribution >= 0.6 is 15.9 Å². The molecular formula is C23H24BrN5. The van der Waals surface area contributed by atoms with Crippen molar-refractivity contribution in [1.29, 1.82) is 0 Å². The lowest BCUT2D eigenvalue weighted by Gasteiger charge is -2.25. The summed E-state index contributed by atoms with van der Waals surface area (Å²) >= 11 is 3.55. The van der Waals surface area contributed by atoms with Crippen molar-refractivity contribution in [3.8, 4) is 0 Å². The van der Waals surface area contributed by atoms with Gasteiger partial charge in [0.15, 0.2) is 21.7 Å². The van der Waals surface area contributed by atoms with Gasteiger partial charge in [0.1, 0.15) is 5.82 Å². The van der Waals surface area contributed by atoms with Crippen molar-refractivity contribution < 1.29 is 0 Å². The molecule has 0 atom stereocenters. The van der Waals surface area contributed by atoms with Crippen LogP contribution in [0.2, 0.25) is 0 Å². The maximum absolute atomic E-state index is 4.97. The predicted octanol–water partition coefficient (Wildman–Crippen LogP) is 5.46. The second kappa shape index (κ2) is 8.33. The SMILES string of the molecule is CC(C)c1nc(N(Cc2ccccc2)Cc2ccccc2)c2nc(Br)n(C)c2n1. The van der Waals surface area contributed by atoms with Gasteiger partial charge >= 0.3 is 0 Å². The Kier molecular flexibility index (Phi) is 5.62. The van der Waals surface area contributed by atoms with Crippen molar-refractivity contribution in [1.82, 2.24) is 19.5 Å². The predicted molar refractivity (Wildman–Crippen MR) is 121 cm³/mol. The van der Waals surface area contributed by atoms with Gasteiger partial charge in [-0.3, -0.25) is 0 Å². The van der Waals surface area contributed by atoms with Crippen molar-refractivity contribution in [2.24, 2.45) is 7.05 Å². The zero-order chi connectivity index (χ0) is 20.4. The molecule has 29 heavy (non-hydrogen) atoms. The van der Waals surface area contributed by atoms with Crippen LogP contribution in [0.15, 0.2) is 65.4 Å². The standard InChI is InChI=1S/C23H24BrN5/c1-16(2)20-26-21-19(25-23(24)28(21)3)22(27-20)29(14-17-10-6-4-7-11-17)15-18-12-8-5-9-13-18/h4-13,16H,14-15H2,1-3H3. The van der Waals surface area contributed by atoms with Gasteiger partial charge in [0.05, 0.1) is 0 Å². The molecule has 0 unspecified atom stereocenters. The Morgan fingerprint density at radius 1 is 0.862 bits per heavy atom. The number of rotatable bonds is 6. The van der Waals surface area contributed by atoms with Gasteiger partial charge in [-0.05, 0) is 27.1 Å². The van der Waals surface area contributed by atoms with Gasteiger partial charge in [0, 0.05) is 26.1 Å². The number of nitrogens with zero attached hydrogens (tertiary/aromatic N) is 5. The van der Waals surface area contributed by atoms with E-state index in [-0.39, 0.29) is 5.92 Å². The molecule has 2 aromatic heterocycles. The molecule has 0 aliphatic rings. The fourth-order valence-electron chi connectivity index (χ4n) is 3.33. The lowest BCUT2D eigenvalue weighted by molar-refractivity contribution is 0.741. The largest absolute Gasteiger partial charge is 0.346 e. The van der Waals surface area contributed by atoms with Crippen molar-refractivity contribution in [3.05, 3.63) is 82.3 Å². The third kappa shape index (κ3) is 4.17. The summed E-state index contributed by atoms with van der Waals surface area (Å²) in [5.41, 5.74) is 4.12. The van der Waals surface area contributed by atoms with E-state index in [0.717, 1.165) is 40.6 Å². The van der Waals surface area contributed by atoms with Crippen LogP contribution in [0.3, 0.4) is 0 Å². The monoisotopic (exact) mass is 449 g/mol. The zero-order valence-corrected chi connectivity index (χ0v) is 18.5. The van der Waals surface area contributed by atoms with Gasteiger partial charge in [0.2, 0.25) is 0 Å². The van der Waals surface area contributed by atoms with E-state index >= 15 is 0 Å². The quantitative estimate of drug-likeness (QED) is 0.366. The molecule has 4 rings (SSSR count). The molecule has 0 radical (unpaired) electrons. The number of benzene rings is 2. The fraction of sp³-hybridized carbons (Fsp3) is 0.261. The minimum absolute atomic E-state index is 0.224. The number of hydrogen-bond donors (Lipinski definition) is 0. The highest BCUT2D eigenvalue weighted by molar-refractivity contribution is 9.10. The van der Waals surface area contributed by atoms with E-state index in [1.165, 1.54) is 11.1 Å². The molecule has 0 aliphatic carbocycles. The Bertz CT molecular complexity index is 1070. The average Bonchev–Trinajstić information content (AvgIpc) is 3.02. The van der Waals surface area contributed by atoms with Gasteiger partial charge in [0.25, 0.3) is 0 Å². The molecular weight excluding hydrogens is 426 g/mol. The van der Waals surface area contributed by atoms with Gasteiger partial charge < -0.3 is 9.47 Å². The summed E-state index contributed by atoms with van der Waals surface area (Å²) in [4.78, 5) is 16.8. The molecule has 0 bridgehead atoms. The smallest absolute Gasteiger partial charge is 0.179 e. The molecule has 0 spiro atoms. The minimum Gasteiger partial charge on any atom is -0.346 e. The van der Waals surface area contributed by atoms with Crippen LogP contribution in [0.1, 0.15) is 36.7 Å². The summed E-state index contributed by atoms with van der Waals surface area (Å²) in [6, 6.07) is 21.0. The van der Waals surface area contributed by atoms with Crippen molar-refractivity contribution >= 4 is 32.9 Å². The lowest BCUT2D eigenvalue weighted by atomic mass is 10.1. The average molecular weight is 450 g/mol. The van der Waals surface area contributed by atoms with Crippen LogP contribution in [-0.2, 0) is 20.1 Å². The first-order chi connectivity index (χ1) is 14.0. The fourth-order valence-corrected chi connectivity index (χ4v) is 3.67. The van der Waals surface area contributed by atoms with E-state index in [4.69, 9.17) is 15.0 Å². The third-order valence-corrected chi connectivity index (χ3v) is 5.62. The van der Waals surface area contributed by atoms with E-state index in [1.54, 1.807) is 0 Å². The maximum atomic E-state index is 4.97. The highest BCUT2D eigenvalue weighted by atomic mass is 79.9. The van der Waals surface area contributed by atoms with Crippen LogP contribution in [0, 0.1) is 0 Å². The van der Waals surface area contributed by atoms with Crippen molar-refractivity contribution in [3.63, 3.8) is 0 Å². The molecule has 0 fully saturated rings. The number of hydrogen-bond acceptors (Lipinski definition) is 4. The van der Waals surface area contributed by atoms with E-state index in [0.29, 0.717) is 0 Å². The maximum Gasteiger partial charge on any atom is 0.179 e. The molecule has 0 aliphatic heterocycles. The molecule has 0 saturated carbocycles. The summed E-state index contributed by atoms with van der Waals surface area (Å²) in [5.74, 6) is 1.92. The van der Waals surface area contributed by atoms with Gasteiger partial charge in [-0.15, -0.1) is 0 Å². The third-order valence-electron chi connectivity index (χ3n) is 4.91. The first-order valence-corrected chi connectivity index (χ1v) is 10.5. The van der Waals surface area contributed by atoms with E-state index < -0.39 is 0 Å². The molecule has 6 heteroatoms. The van der Waals surface area contributed by atoms with Crippen molar-refractivity contribution in [2.75, 3.05) is 4.90 Å². The summed E-state index contributed by atoms with van der Waals surface area (Å²) in [7, 11) is 1.97. The van der Waals surface area contributed by atoms with Gasteiger partial charge in [-0.2, -0.15) is 0 Å². The Morgan fingerprint density at radius 3 is 1.93 bits per heavy atom. The van der Waals surface area contributed by atoms with Crippen molar-refractivity contribution in [2.45, 2.75) is 32.9 Å². The normalized spacial score (nSPS) is 11.3. The molecule has 0 amide bonds. The number of aryl methyl sites for hydroxylation is 1. The van der Waals surface area contributed by atoms with E-state index in [2.05, 4.69) is 83.2 Å². The second-order valence-corrected chi connectivity index (χ2v) is 8.21. The molecule has 2 aromatic carbocycles. The van der Waals surface area contributed by atoms with Crippen LogP contribution in [0.5, 0.6) is 0 Å². The zero-order valence-electron chi connectivity index (χ0n) is 16.9. The van der Waals surface area contributed by atoms with E-state index in [1.807, 2.05) is 23.7 Å². The summed E-state index contributed by atoms with van der Waals surface area (Å²) in [6.07, 6.45) is 0. The molecule has 0 saturated heterocycles. The Hall–Kier alpha value is -2.73. The summed E-state index contributed by atoms with van der Waals surface area (Å²) < 4.78 is 2.72. The minimum atomic E-state index is 0.224. The summed E-state index contributed by atoms with van der Waals surface area (Å²) in [6.45, 7) is 5.73. The lowest BCUT2D eigenvalue weighted by Crippen LogP contribution is -2.24. The van der Waals surface area contributed by atoms with Gasteiger partial charge in [-0.1, -0.05) is 74.5 Å². The Balaban J connectivity index is 1.86. The van der Waals surface area contributed by atoms with Crippen LogP contribution in [0.25, 0.3) is 11.2 Å². The first-order valence-electron chi connectivity index (χ1n) is 9.75. The molecule has 148 valence electrons. The number of fused-ring (bicyclic) bond motifs is 1. The molecule has 5 nitrogen and oxygen atoms in total. The second-order valence-electron chi connectivity index (χ2n) is 7.50. The highest BCUT2D eigenvalue weighted by Gasteiger charge is 2.21. The number of aromatic nitrogens is 4. The van der Waals surface area contributed by atoms with Gasteiger partial charge in [-0.25, -0.2) is 15.0 Å². The number of imidazole rings is 1. The molecule has 4 aromatic rings. The Morgan fingerprint density at radius 2 is 1.41 bits per heavy atom. The van der Waals surface area contributed by atoms with Crippen LogP contribution < -0.4 is 4.90 Å². The molecule has 0 N–H and O–H groups in total. The Labute approximate surface area is 179 Å². The number of halogens is 1. The van der Waals surface area contributed by atoms with E-state index in [9.17, 15) is 0 Å². The number of anilines is 1. The molecule has 2 heterocycles. The van der Waals surface area contributed by atoms with Crippen LogP contribution in [0.4, 0.5) is 5.82 Å². The van der Waals surface area contributed by atoms with Crippen LogP contribution in [-0.4, -0.2) is 19.5 Å².